The molecule has 0 spiro atoms. The number of hydrogen-bond donors (Lipinski definition) is 1. The van der Waals surface area contributed by atoms with Crippen molar-refractivity contribution in [1.29, 1.82) is 0 Å². The van der Waals surface area contributed by atoms with Crippen LogP contribution in [0.2, 0.25) is 0 Å². The largest absolute Gasteiger partial charge is 0.368 e. The van der Waals surface area contributed by atoms with Crippen molar-refractivity contribution in [2.24, 2.45) is 11.7 Å². The molecule has 0 radical (unpaired) electrons. The predicted molar refractivity (Wildman–Crippen MR) is 95.1 cm³/mol. The fourth-order valence-corrected chi connectivity index (χ4v) is 3.07. The average molecular weight is 290 g/mol. The van der Waals surface area contributed by atoms with Gasteiger partial charge in [0, 0.05) is 24.3 Å². The number of benzene rings is 1. The van der Waals surface area contributed by atoms with Crippen LogP contribution in [-0.4, -0.2) is 18.6 Å². The lowest BCUT2D eigenvalue weighted by Gasteiger charge is -2.36. The molecule has 0 aliphatic carbocycles. The summed E-state index contributed by atoms with van der Waals surface area (Å²) in [5.74, 6) is 0.662. The molecule has 1 rings (SSSR count). The summed E-state index contributed by atoms with van der Waals surface area (Å²) >= 11 is 0. The van der Waals surface area contributed by atoms with Crippen molar-refractivity contribution in [2.75, 3.05) is 11.4 Å². The number of hydrogen-bond acceptors (Lipinski definition) is 2. The van der Waals surface area contributed by atoms with E-state index in [1.54, 1.807) is 0 Å². The second kappa shape index (κ2) is 8.43. The summed E-state index contributed by atoms with van der Waals surface area (Å²) in [7, 11) is 0. The van der Waals surface area contributed by atoms with Crippen molar-refractivity contribution < 1.29 is 0 Å². The molecule has 0 saturated carbocycles. The lowest BCUT2D eigenvalue weighted by Crippen LogP contribution is -2.38. The van der Waals surface area contributed by atoms with Crippen molar-refractivity contribution in [1.82, 2.24) is 0 Å². The van der Waals surface area contributed by atoms with E-state index in [0.29, 0.717) is 12.0 Å². The third-order valence-electron chi connectivity index (χ3n) is 4.03. The van der Waals surface area contributed by atoms with Crippen LogP contribution >= 0.6 is 0 Å². The fraction of sp³-hybridized carbons (Fsp3) is 0.684. The smallest absolute Gasteiger partial charge is 0.0402 e. The SMILES string of the molecule is CCC(CC)N(CC(C)C)c1ccc(C)cc1CC(C)N. The van der Waals surface area contributed by atoms with Crippen molar-refractivity contribution in [3.05, 3.63) is 29.3 Å². The first kappa shape index (κ1) is 18.0. The Balaban J connectivity index is 3.21. The lowest BCUT2D eigenvalue weighted by molar-refractivity contribution is 0.505. The van der Waals surface area contributed by atoms with Crippen molar-refractivity contribution in [2.45, 2.75) is 72.9 Å². The van der Waals surface area contributed by atoms with Crippen molar-refractivity contribution >= 4 is 5.69 Å². The second-order valence-electron chi connectivity index (χ2n) is 6.83. The van der Waals surface area contributed by atoms with Gasteiger partial charge >= 0.3 is 0 Å². The summed E-state index contributed by atoms with van der Waals surface area (Å²) in [5.41, 5.74) is 10.2. The minimum atomic E-state index is 0.202. The van der Waals surface area contributed by atoms with E-state index < -0.39 is 0 Å². The lowest BCUT2D eigenvalue weighted by atomic mass is 9.99. The predicted octanol–water partition coefficient (Wildman–Crippen LogP) is 4.54. The first-order valence-corrected chi connectivity index (χ1v) is 8.50. The van der Waals surface area contributed by atoms with Crippen LogP contribution in [-0.2, 0) is 6.42 Å². The molecule has 2 nitrogen and oxygen atoms in total. The Morgan fingerprint density at radius 2 is 1.71 bits per heavy atom. The Morgan fingerprint density at radius 3 is 2.19 bits per heavy atom. The van der Waals surface area contributed by atoms with Gasteiger partial charge in [0.1, 0.15) is 0 Å². The molecular weight excluding hydrogens is 256 g/mol. The summed E-state index contributed by atoms with van der Waals surface area (Å²) in [6, 6.07) is 7.66. The highest BCUT2D eigenvalue weighted by atomic mass is 15.2. The van der Waals surface area contributed by atoms with E-state index in [9.17, 15) is 0 Å². The molecular formula is C19H34N2. The molecule has 0 bridgehead atoms. The van der Waals surface area contributed by atoms with Crippen molar-refractivity contribution in [3.8, 4) is 0 Å². The Morgan fingerprint density at radius 1 is 1.10 bits per heavy atom. The van der Waals surface area contributed by atoms with Crippen LogP contribution in [0.3, 0.4) is 0 Å². The number of anilines is 1. The standard InChI is InChI=1S/C19H34N2/c1-7-18(8-2)21(13-14(3)4)19-10-9-15(5)11-17(19)12-16(6)20/h9-11,14,16,18H,7-8,12-13,20H2,1-6H3. The van der Waals surface area contributed by atoms with Gasteiger partial charge in [0.25, 0.3) is 0 Å². The molecule has 1 unspecified atom stereocenters. The van der Waals surface area contributed by atoms with Gasteiger partial charge in [0.05, 0.1) is 0 Å². The second-order valence-corrected chi connectivity index (χ2v) is 6.83. The molecule has 1 atom stereocenters. The van der Waals surface area contributed by atoms with Gasteiger partial charge in [-0.15, -0.1) is 0 Å². The van der Waals surface area contributed by atoms with Crippen LogP contribution < -0.4 is 10.6 Å². The van der Waals surface area contributed by atoms with Gasteiger partial charge in [-0.05, 0) is 50.7 Å². The quantitative estimate of drug-likeness (QED) is 0.762. The summed E-state index contributed by atoms with van der Waals surface area (Å²) < 4.78 is 0. The van der Waals surface area contributed by atoms with E-state index >= 15 is 0 Å². The summed E-state index contributed by atoms with van der Waals surface area (Å²) in [6.45, 7) is 14.6. The Labute approximate surface area is 131 Å². The van der Waals surface area contributed by atoms with Gasteiger partial charge in [0.15, 0.2) is 0 Å². The molecule has 2 heteroatoms. The van der Waals surface area contributed by atoms with Crippen LogP contribution in [0, 0.1) is 12.8 Å². The maximum atomic E-state index is 6.07. The Bertz CT molecular complexity index is 420. The molecule has 0 saturated heterocycles. The van der Waals surface area contributed by atoms with Crippen LogP contribution in [0.5, 0.6) is 0 Å². The van der Waals surface area contributed by atoms with Gasteiger partial charge in [-0.1, -0.05) is 45.4 Å². The van der Waals surface area contributed by atoms with Gasteiger partial charge in [-0.3, -0.25) is 0 Å². The molecule has 0 amide bonds. The highest BCUT2D eigenvalue weighted by Crippen LogP contribution is 2.28. The van der Waals surface area contributed by atoms with Gasteiger partial charge in [-0.2, -0.15) is 0 Å². The van der Waals surface area contributed by atoms with E-state index in [4.69, 9.17) is 5.73 Å². The summed E-state index contributed by atoms with van der Waals surface area (Å²) in [6.07, 6.45) is 3.33. The van der Waals surface area contributed by atoms with Crippen LogP contribution in [0.1, 0.15) is 58.6 Å². The molecule has 1 aromatic rings. The molecule has 21 heavy (non-hydrogen) atoms. The summed E-state index contributed by atoms with van der Waals surface area (Å²) in [4.78, 5) is 2.61. The maximum absolute atomic E-state index is 6.07. The van der Waals surface area contributed by atoms with E-state index in [-0.39, 0.29) is 6.04 Å². The molecule has 0 aromatic heterocycles. The highest BCUT2D eigenvalue weighted by Gasteiger charge is 2.20. The van der Waals surface area contributed by atoms with E-state index in [0.717, 1.165) is 13.0 Å². The molecule has 0 aliphatic rings. The zero-order valence-corrected chi connectivity index (χ0v) is 14.8. The summed E-state index contributed by atoms with van der Waals surface area (Å²) in [5, 5.41) is 0. The molecule has 1 aromatic carbocycles. The monoisotopic (exact) mass is 290 g/mol. The van der Waals surface area contributed by atoms with E-state index in [2.05, 4.69) is 64.6 Å². The van der Waals surface area contributed by atoms with Gasteiger partial charge < -0.3 is 10.6 Å². The third-order valence-corrected chi connectivity index (χ3v) is 4.03. The third kappa shape index (κ3) is 5.35. The van der Waals surface area contributed by atoms with Gasteiger partial charge in [-0.25, -0.2) is 0 Å². The highest BCUT2D eigenvalue weighted by molar-refractivity contribution is 5.56. The molecule has 0 aliphatic heterocycles. The zero-order valence-electron chi connectivity index (χ0n) is 14.8. The van der Waals surface area contributed by atoms with Crippen LogP contribution in [0.4, 0.5) is 5.69 Å². The minimum absolute atomic E-state index is 0.202. The number of rotatable bonds is 8. The first-order valence-electron chi connectivity index (χ1n) is 8.50. The van der Waals surface area contributed by atoms with Crippen LogP contribution in [0.15, 0.2) is 18.2 Å². The molecule has 120 valence electrons. The number of nitrogens with zero attached hydrogens (tertiary/aromatic N) is 1. The van der Waals surface area contributed by atoms with Crippen LogP contribution in [0.25, 0.3) is 0 Å². The molecule has 0 heterocycles. The molecule has 2 N–H and O–H groups in total. The van der Waals surface area contributed by atoms with E-state index in [1.165, 1.54) is 29.7 Å². The minimum Gasteiger partial charge on any atom is -0.368 e. The number of nitrogens with two attached hydrogens (primary N) is 1. The molecule has 0 fully saturated rings. The maximum Gasteiger partial charge on any atom is 0.0402 e. The topological polar surface area (TPSA) is 29.3 Å². The normalized spacial score (nSPS) is 13.0. The fourth-order valence-electron chi connectivity index (χ4n) is 3.07. The van der Waals surface area contributed by atoms with E-state index in [1.807, 2.05) is 0 Å². The number of aryl methyl sites for hydroxylation is 1. The first-order chi connectivity index (χ1) is 9.88. The average Bonchev–Trinajstić information content (AvgIpc) is 2.38. The van der Waals surface area contributed by atoms with Crippen molar-refractivity contribution in [3.63, 3.8) is 0 Å². The van der Waals surface area contributed by atoms with Gasteiger partial charge in [0.2, 0.25) is 0 Å². The zero-order chi connectivity index (χ0) is 16.0. The Kier molecular flexibility index (Phi) is 7.24. The Hall–Kier alpha value is -1.02.